The van der Waals surface area contributed by atoms with E-state index in [1.807, 2.05) is 12.1 Å². The van der Waals surface area contributed by atoms with E-state index in [1.165, 1.54) is 12.0 Å². The lowest BCUT2D eigenvalue weighted by atomic mass is 9.95. The van der Waals surface area contributed by atoms with Gasteiger partial charge in [0.1, 0.15) is 5.75 Å². The van der Waals surface area contributed by atoms with Crippen molar-refractivity contribution in [3.63, 3.8) is 0 Å². The molecule has 3 nitrogen and oxygen atoms in total. The molecule has 1 heterocycles. The Balaban J connectivity index is 2.05. The van der Waals surface area contributed by atoms with Crippen molar-refractivity contribution in [1.29, 1.82) is 0 Å². The topological polar surface area (TPSA) is 24.5 Å². The molecule has 3 heteroatoms. The first-order valence-electron chi connectivity index (χ1n) is 7.16. The van der Waals surface area contributed by atoms with Gasteiger partial charge in [-0.3, -0.25) is 4.90 Å². The fourth-order valence-corrected chi connectivity index (χ4v) is 2.59. The van der Waals surface area contributed by atoms with E-state index in [2.05, 4.69) is 43.1 Å². The van der Waals surface area contributed by atoms with Gasteiger partial charge in [-0.1, -0.05) is 19.1 Å². The monoisotopic (exact) mass is 262 g/mol. The standard InChI is InChI=1S/C16H26N2O/c1-5-14-11-18(16(2,3)12-17-14)10-13-6-8-15(19-4)9-7-13/h6-9,14,17H,5,10-12H2,1-4H3. The molecular formula is C16H26N2O. The van der Waals surface area contributed by atoms with E-state index in [1.54, 1.807) is 7.11 Å². The van der Waals surface area contributed by atoms with Crippen LogP contribution in [0.25, 0.3) is 0 Å². The number of benzene rings is 1. The average molecular weight is 262 g/mol. The van der Waals surface area contributed by atoms with Crippen molar-refractivity contribution in [3.05, 3.63) is 29.8 Å². The van der Waals surface area contributed by atoms with Gasteiger partial charge in [-0.25, -0.2) is 0 Å². The van der Waals surface area contributed by atoms with Crippen LogP contribution < -0.4 is 10.1 Å². The number of ether oxygens (including phenoxy) is 1. The molecule has 1 N–H and O–H groups in total. The third-order valence-electron chi connectivity index (χ3n) is 4.15. The Labute approximate surface area is 116 Å². The molecule has 1 saturated heterocycles. The Morgan fingerprint density at radius 2 is 2.00 bits per heavy atom. The molecule has 0 spiro atoms. The number of methoxy groups -OCH3 is 1. The van der Waals surface area contributed by atoms with Gasteiger partial charge in [0, 0.05) is 31.2 Å². The first kappa shape index (κ1) is 14.4. The van der Waals surface area contributed by atoms with Crippen LogP contribution in [0.3, 0.4) is 0 Å². The summed E-state index contributed by atoms with van der Waals surface area (Å²) >= 11 is 0. The van der Waals surface area contributed by atoms with E-state index >= 15 is 0 Å². The third-order valence-corrected chi connectivity index (χ3v) is 4.15. The summed E-state index contributed by atoms with van der Waals surface area (Å²) in [5.41, 5.74) is 1.57. The SMILES string of the molecule is CCC1CN(Cc2ccc(OC)cc2)C(C)(C)CN1. The molecular weight excluding hydrogens is 236 g/mol. The maximum absolute atomic E-state index is 5.21. The minimum absolute atomic E-state index is 0.214. The van der Waals surface area contributed by atoms with Crippen molar-refractivity contribution in [3.8, 4) is 5.75 Å². The maximum atomic E-state index is 5.21. The summed E-state index contributed by atoms with van der Waals surface area (Å²) in [6, 6.07) is 9.03. The molecule has 1 unspecified atom stereocenters. The lowest BCUT2D eigenvalue weighted by molar-refractivity contribution is 0.0577. The van der Waals surface area contributed by atoms with Gasteiger partial charge in [0.15, 0.2) is 0 Å². The summed E-state index contributed by atoms with van der Waals surface area (Å²) in [4.78, 5) is 2.58. The zero-order valence-corrected chi connectivity index (χ0v) is 12.6. The lowest BCUT2D eigenvalue weighted by Gasteiger charge is -2.46. The predicted octanol–water partition coefficient (Wildman–Crippen LogP) is 2.66. The minimum Gasteiger partial charge on any atom is -0.497 e. The molecule has 0 radical (unpaired) electrons. The quantitative estimate of drug-likeness (QED) is 0.903. The molecule has 0 aliphatic carbocycles. The first-order chi connectivity index (χ1) is 9.05. The number of hydrogen-bond donors (Lipinski definition) is 1. The van der Waals surface area contributed by atoms with Crippen molar-refractivity contribution in [2.45, 2.75) is 45.3 Å². The molecule has 1 aliphatic heterocycles. The van der Waals surface area contributed by atoms with Crippen LogP contribution in [0.5, 0.6) is 5.75 Å². The highest BCUT2D eigenvalue weighted by Crippen LogP contribution is 2.23. The maximum Gasteiger partial charge on any atom is 0.118 e. The molecule has 1 aromatic carbocycles. The lowest BCUT2D eigenvalue weighted by Crippen LogP contribution is -2.61. The second-order valence-electron chi connectivity index (χ2n) is 6.03. The normalized spacial score (nSPS) is 23.3. The molecule has 0 bridgehead atoms. The molecule has 106 valence electrons. The van der Waals surface area contributed by atoms with E-state index in [0.29, 0.717) is 6.04 Å². The van der Waals surface area contributed by atoms with Crippen LogP contribution >= 0.6 is 0 Å². The van der Waals surface area contributed by atoms with Gasteiger partial charge >= 0.3 is 0 Å². The summed E-state index contributed by atoms with van der Waals surface area (Å²) in [6.07, 6.45) is 1.19. The Kier molecular flexibility index (Phi) is 4.48. The Hall–Kier alpha value is -1.06. The predicted molar refractivity (Wildman–Crippen MR) is 79.6 cm³/mol. The summed E-state index contributed by atoms with van der Waals surface area (Å²) in [7, 11) is 1.71. The van der Waals surface area contributed by atoms with Crippen LogP contribution in [0.1, 0.15) is 32.8 Å². The summed E-state index contributed by atoms with van der Waals surface area (Å²) in [6.45, 7) is 10.1. The van der Waals surface area contributed by atoms with Crippen LogP contribution in [0.15, 0.2) is 24.3 Å². The van der Waals surface area contributed by atoms with E-state index in [-0.39, 0.29) is 5.54 Å². The van der Waals surface area contributed by atoms with Gasteiger partial charge in [0.2, 0.25) is 0 Å². The van der Waals surface area contributed by atoms with Gasteiger partial charge < -0.3 is 10.1 Å². The molecule has 1 aromatic rings. The van der Waals surface area contributed by atoms with Crippen LogP contribution in [-0.4, -0.2) is 36.7 Å². The Morgan fingerprint density at radius 1 is 1.32 bits per heavy atom. The molecule has 2 rings (SSSR count). The van der Waals surface area contributed by atoms with E-state index in [4.69, 9.17) is 4.74 Å². The highest BCUT2D eigenvalue weighted by molar-refractivity contribution is 5.27. The van der Waals surface area contributed by atoms with Crippen LogP contribution in [0.4, 0.5) is 0 Å². The second kappa shape index (κ2) is 5.93. The molecule has 1 aliphatic rings. The van der Waals surface area contributed by atoms with Gasteiger partial charge in [0.25, 0.3) is 0 Å². The fraction of sp³-hybridized carbons (Fsp3) is 0.625. The zero-order valence-electron chi connectivity index (χ0n) is 12.6. The molecule has 0 saturated carbocycles. The van der Waals surface area contributed by atoms with Gasteiger partial charge in [-0.2, -0.15) is 0 Å². The zero-order chi connectivity index (χ0) is 13.9. The van der Waals surface area contributed by atoms with Gasteiger partial charge in [-0.15, -0.1) is 0 Å². The second-order valence-corrected chi connectivity index (χ2v) is 6.03. The smallest absolute Gasteiger partial charge is 0.118 e. The molecule has 0 amide bonds. The summed E-state index contributed by atoms with van der Waals surface area (Å²) in [5.74, 6) is 0.926. The van der Waals surface area contributed by atoms with Crippen molar-refractivity contribution in [2.75, 3.05) is 20.2 Å². The fourth-order valence-electron chi connectivity index (χ4n) is 2.59. The summed E-state index contributed by atoms with van der Waals surface area (Å²) in [5, 5.41) is 3.63. The number of nitrogens with zero attached hydrogens (tertiary/aromatic N) is 1. The van der Waals surface area contributed by atoms with Crippen molar-refractivity contribution < 1.29 is 4.74 Å². The molecule has 1 fully saturated rings. The third kappa shape index (κ3) is 3.48. The highest BCUT2D eigenvalue weighted by Gasteiger charge is 2.32. The molecule has 1 atom stereocenters. The highest BCUT2D eigenvalue weighted by atomic mass is 16.5. The molecule has 0 aromatic heterocycles. The van der Waals surface area contributed by atoms with Crippen LogP contribution in [-0.2, 0) is 6.54 Å². The molecule has 19 heavy (non-hydrogen) atoms. The summed E-state index contributed by atoms with van der Waals surface area (Å²) < 4.78 is 5.21. The van der Waals surface area contributed by atoms with E-state index in [0.717, 1.165) is 25.4 Å². The number of piperazine rings is 1. The van der Waals surface area contributed by atoms with E-state index in [9.17, 15) is 0 Å². The van der Waals surface area contributed by atoms with Crippen molar-refractivity contribution in [1.82, 2.24) is 10.2 Å². The van der Waals surface area contributed by atoms with Gasteiger partial charge in [0.05, 0.1) is 7.11 Å². The van der Waals surface area contributed by atoms with Gasteiger partial charge in [-0.05, 0) is 38.0 Å². The van der Waals surface area contributed by atoms with Crippen LogP contribution in [0.2, 0.25) is 0 Å². The Bertz CT molecular complexity index is 400. The average Bonchev–Trinajstić information content (AvgIpc) is 2.42. The first-order valence-corrected chi connectivity index (χ1v) is 7.16. The van der Waals surface area contributed by atoms with E-state index < -0.39 is 0 Å². The number of hydrogen-bond acceptors (Lipinski definition) is 3. The van der Waals surface area contributed by atoms with Crippen molar-refractivity contribution >= 4 is 0 Å². The number of rotatable bonds is 4. The largest absolute Gasteiger partial charge is 0.497 e. The van der Waals surface area contributed by atoms with Crippen molar-refractivity contribution in [2.24, 2.45) is 0 Å². The number of nitrogens with one attached hydrogen (secondary N) is 1. The van der Waals surface area contributed by atoms with Crippen LogP contribution in [0, 0.1) is 0 Å². The Morgan fingerprint density at radius 3 is 2.58 bits per heavy atom. The minimum atomic E-state index is 0.214.